The first-order valence-electron chi connectivity index (χ1n) is 9.60. The summed E-state index contributed by atoms with van der Waals surface area (Å²) < 4.78 is 0. The number of likely N-dealkylation sites (tertiary alicyclic amines) is 1. The van der Waals surface area contributed by atoms with Gasteiger partial charge in [0.25, 0.3) is 0 Å². The number of carbonyl (C=O) groups excluding carboxylic acids is 1. The van der Waals surface area contributed by atoms with Crippen LogP contribution in [0, 0.1) is 6.92 Å². The molecule has 0 amide bonds. The van der Waals surface area contributed by atoms with Gasteiger partial charge >= 0.3 is 0 Å². The fraction of sp³-hybridized carbons (Fsp3) is 0.217. The number of likely N-dealkylation sites (N-methyl/N-ethyl adjacent to an activating group) is 1. The molecule has 4 aromatic rings. The van der Waals surface area contributed by atoms with Crippen molar-refractivity contribution in [3.05, 3.63) is 78.0 Å². The number of nitrogens with one attached hydrogen (secondary N) is 1. The zero-order valence-corrected chi connectivity index (χ0v) is 16.5. The van der Waals surface area contributed by atoms with Gasteiger partial charge in [0.1, 0.15) is 0 Å². The van der Waals surface area contributed by atoms with Crippen LogP contribution in [0.2, 0.25) is 0 Å². The number of hydrogen-bond acceptors (Lipinski definition) is 5. The molecule has 6 nitrogen and oxygen atoms in total. The van der Waals surface area contributed by atoms with E-state index >= 15 is 0 Å². The van der Waals surface area contributed by atoms with Crippen molar-refractivity contribution in [3.63, 3.8) is 0 Å². The second kappa shape index (κ2) is 8.32. The first kappa shape index (κ1) is 19.0. The fourth-order valence-electron chi connectivity index (χ4n) is 3.54. The molecular formula is C23H23N5O. The Balaban J connectivity index is 0.000000150. The molecule has 1 fully saturated rings. The van der Waals surface area contributed by atoms with E-state index in [0.717, 1.165) is 52.9 Å². The van der Waals surface area contributed by atoms with Crippen LogP contribution in [0.4, 0.5) is 0 Å². The monoisotopic (exact) mass is 385 g/mol. The molecule has 0 saturated carbocycles. The standard InChI is InChI=1S/C14H15N3.C9H8N2O/c1-17-9-12(10-17)14-13(15-7-8-16-14)11-5-3-2-4-6-11;1-6-2-3-7-8(4-6)11-9(5-12)10-7/h2-8,12H,9-10H2,1H3;2-5H,1H3,(H,10,11). The second-order valence-corrected chi connectivity index (χ2v) is 7.33. The largest absolute Gasteiger partial charge is 0.336 e. The van der Waals surface area contributed by atoms with Crippen molar-refractivity contribution in [3.8, 4) is 11.3 Å². The van der Waals surface area contributed by atoms with Crippen LogP contribution in [0.5, 0.6) is 0 Å². The number of rotatable bonds is 3. The Morgan fingerprint density at radius 1 is 1.07 bits per heavy atom. The van der Waals surface area contributed by atoms with Gasteiger partial charge in [-0.05, 0) is 31.7 Å². The Bertz CT molecular complexity index is 1120. The first-order valence-corrected chi connectivity index (χ1v) is 9.60. The average molecular weight is 385 g/mol. The molecule has 1 saturated heterocycles. The SMILES string of the molecule is CN1CC(c2nccnc2-c2ccccc2)C1.Cc1ccc2nc(C=O)[nH]c2c1. The maximum Gasteiger partial charge on any atom is 0.185 e. The van der Waals surface area contributed by atoms with Crippen LogP contribution in [-0.4, -0.2) is 51.3 Å². The van der Waals surface area contributed by atoms with Gasteiger partial charge in [-0.1, -0.05) is 36.4 Å². The normalized spacial score (nSPS) is 14.1. The van der Waals surface area contributed by atoms with Crippen LogP contribution in [-0.2, 0) is 0 Å². The van der Waals surface area contributed by atoms with Crippen molar-refractivity contribution < 1.29 is 4.79 Å². The minimum Gasteiger partial charge on any atom is -0.336 e. The van der Waals surface area contributed by atoms with E-state index in [2.05, 4.69) is 44.0 Å². The van der Waals surface area contributed by atoms with Gasteiger partial charge in [-0.2, -0.15) is 0 Å². The van der Waals surface area contributed by atoms with E-state index in [0.29, 0.717) is 11.7 Å². The van der Waals surface area contributed by atoms with E-state index < -0.39 is 0 Å². The van der Waals surface area contributed by atoms with Gasteiger partial charge < -0.3 is 9.88 Å². The van der Waals surface area contributed by atoms with Gasteiger partial charge in [-0.25, -0.2) is 4.98 Å². The Morgan fingerprint density at radius 2 is 1.83 bits per heavy atom. The van der Waals surface area contributed by atoms with Crippen LogP contribution in [0.25, 0.3) is 22.3 Å². The summed E-state index contributed by atoms with van der Waals surface area (Å²) in [6, 6.07) is 16.1. The van der Waals surface area contributed by atoms with Crippen molar-refractivity contribution in [2.45, 2.75) is 12.8 Å². The molecule has 0 bridgehead atoms. The summed E-state index contributed by atoms with van der Waals surface area (Å²) >= 11 is 0. The summed E-state index contributed by atoms with van der Waals surface area (Å²) in [6.07, 6.45) is 4.28. The minimum atomic E-state index is 0.385. The summed E-state index contributed by atoms with van der Waals surface area (Å²) in [4.78, 5) is 28.6. The molecule has 0 spiro atoms. The summed E-state index contributed by atoms with van der Waals surface area (Å²) in [5.74, 6) is 0.916. The number of carbonyl (C=O) groups is 1. The van der Waals surface area contributed by atoms with Gasteiger partial charge in [0.2, 0.25) is 0 Å². The third-order valence-electron chi connectivity index (χ3n) is 4.99. The predicted molar refractivity (Wildman–Crippen MR) is 114 cm³/mol. The number of imidazole rings is 1. The highest BCUT2D eigenvalue weighted by molar-refractivity contribution is 5.82. The van der Waals surface area contributed by atoms with Gasteiger partial charge in [-0.15, -0.1) is 0 Å². The lowest BCUT2D eigenvalue weighted by Crippen LogP contribution is -2.42. The summed E-state index contributed by atoms with van der Waals surface area (Å²) in [5, 5.41) is 0. The Labute approximate surface area is 169 Å². The zero-order valence-electron chi connectivity index (χ0n) is 16.5. The first-order chi connectivity index (χ1) is 14.1. The third kappa shape index (κ3) is 4.22. The van der Waals surface area contributed by atoms with Gasteiger partial charge in [0, 0.05) is 37.0 Å². The van der Waals surface area contributed by atoms with E-state index in [9.17, 15) is 4.79 Å². The number of aldehydes is 1. The molecule has 0 unspecified atom stereocenters. The van der Waals surface area contributed by atoms with Crippen LogP contribution in [0.15, 0.2) is 60.9 Å². The van der Waals surface area contributed by atoms with Gasteiger partial charge in [0.15, 0.2) is 12.1 Å². The van der Waals surface area contributed by atoms with Crippen molar-refractivity contribution in [2.75, 3.05) is 20.1 Å². The van der Waals surface area contributed by atoms with E-state index in [1.54, 1.807) is 12.4 Å². The predicted octanol–water partition coefficient (Wildman–Crippen LogP) is 3.86. The van der Waals surface area contributed by atoms with Crippen LogP contribution in [0.3, 0.4) is 0 Å². The molecule has 3 heterocycles. The minimum absolute atomic E-state index is 0.385. The van der Waals surface area contributed by atoms with Crippen molar-refractivity contribution in [1.82, 2.24) is 24.8 Å². The van der Waals surface area contributed by atoms with Crippen LogP contribution < -0.4 is 0 Å². The van der Waals surface area contributed by atoms with Gasteiger partial charge in [-0.3, -0.25) is 14.8 Å². The maximum absolute atomic E-state index is 10.4. The summed E-state index contributed by atoms with van der Waals surface area (Å²) in [7, 11) is 2.13. The fourth-order valence-corrected chi connectivity index (χ4v) is 3.54. The number of nitrogens with zero attached hydrogens (tertiary/aromatic N) is 4. The molecule has 1 aliphatic rings. The number of aromatic nitrogens is 4. The molecule has 1 aliphatic heterocycles. The third-order valence-corrected chi connectivity index (χ3v) is 4.99. The highest BCUT2D eigenvalue weighted by Gasteiger charge is 2.28. The van der Waals surface area contributed by atoms with Crippen LogP contribution in [0.1, 0.15) is 27.8 Å². The molecule has 29 heavy (non-hydrogen) atoms. The topological polar surface area (TPSA) is 74.8 Å². The van der Waals surface area contributed by atoms with E-state index in [4.69, 9.17) is 0 Å². The number of hydrogen-bond donors (Lipinski definition) is 1. The van der Waals surface area contributed by atoms with Crippen molar-refractivity contribution >= 4 is 17.3 Å². The summed E-state index contributed by atoms with van der Waals surface area (Å²) in [5.41, 5.74) is 6.23. The Kier molecular flexibility index (Phi) is 5.44. The highest BCUT2D eigenvalue weighted by atomic mass is 16.1. The zero-order chi connectivity index (χ0) is 20.2. The number of aryl methyl sites for hydroxylation is 1. The summed E-state index contributed by atoms with van der Waals surface area (Å²) in [6.45, 7) is 4.16. The molecule has 5 rings (SSSR count). The molecule has 1 N–H and O–H groups in total. The molecule has 0 radical (unpaired) electrons. The lowest BCUT2D eigenvalue weighted by Gasteiger charge is -2.36. The molecule has 2 aromatic heterocycles. The number of aromatic amines is 1. The average Bonchev–Trinajstić information content (AvgIpc) is 3.15. The number of fused-ring (bicyclic) bond motifs is 1. The van der Waals surface area contributed by atoms with E-state index in [1.165, 1.54) is 0 Å². The molecule has 0 atom stereocenters. The van der Waals surface area contributed by atoms with E-state index in [1.807, 2.05) is 43.3 Å². The Morgan fingerprint density at radius 3 is 2.55 bits per heavy atom. The molecule has 2 aromatic carbocycles. The van der Waals surface area contributed by atoms with Crippen LogP contribution >= 0.6 is 0 Å². The number of benzene rings is 2. The lowest BCUT2D eigenvalue weighted by molar-refractivity contribution is 0.111. The quantitative estimate of drug-likeness (QED) is 0.542. The van der Waals surface area contributed by atoms with Crippen molar-refractivity contribution in [2.24, 2.45) is 0 Å². The Hall–Kier alpha value is -3.38. The van der Waals surface area contributed by atoms with E-state index in [-0.39, 0.29) is 0 Å². The molecule has 146 valence electrons. The lowest BCUT2D eigenvalue weighted by atomic mass is 9.93. The highest BCUT2D eigenvalue weighted by Crippen LogP contribution is 2.30. The second-order valence-electron chi connectivity index (χ2n) is 7.33. The molecule has 6 heteroatoms. The number of H-pyrrole nitrogens is 1. The van der Waals surface area contributed by atoms with Gasteiger partial charge in [0.05, 0.1) is 22.4 Å². The molecular weight excluding hydrogens is 362 g/mol. The molecule has 0 aliphatic carbocycles. The maximum atomic E-state index is 10.4. The van der Waals surface area contributed by atoms with Crippen molar-refractivity contribution in [1.29, 1.82) is 0 Å². The smallest absolute Gasteiger partial charge is 0.185 e.